The Labute approximate surface area is 116 Å². The number of benzene rings is 1. The van der Waals surface area contributed by atoms with Gasteiger partial charge in [0.05, 0.1) is 12.2 Å². The molecule has 0 saturated heterocycles. The molecule has 0 radical (unpaired) electrons. The molecular weight excluding hydrogens is 290 g/mol. The Morgan fingerprint density at radius 3 is 2.72 bits per heavy atom. The average molecular weight is 306 g/mol. The topological polar surface area (TPSA) is 37.8 Å². The monoisotopic (exact) mass is 305 g/mol. The van der Waals surface area contributed by atoms with Gasteiger partial charge in [0.25, 0.3) is 0 Å². The van der Waals surface area contributed by atoms with Crippen LogP contribution < -0.4 is 5.32 Å². The zero-order valence-electron chi connectivity index (χ0n) is 10.6. The number of hydrogen-bond acceptors (Lipinski definition) is 3. The summed E-state index contributed by atoms with van der Waals surface area (Å²) in [5, 5.41) is 3.25. The fraction of sp³-hybridized carbons (Fsp3) is 0.286. The second kappa shape index (κ2) is 6.07. The Kier molecular flexibility index (Phi) is 4.44. The molecule has 2 aromatic rings. The molecule has 4 heteroatoms. The lowest BCUT2D eigenvalue weighted by molar-refractivity contribution is 0.688. The first kappa shape index (κ1) is 13.2. The molecule has 1 aromatic carbocycles. The van der Waals surface area contributed by atoms with Crippen molar-refractivity contribution >= 4 is 15.9 Å². The summed E-state index contributed by atoms with van der Waals surface area (Å²) in [7, 11) is 0. The van der Waals surface area contributed by atoms with Crippen molar-refractivity contribution < 1.29 is 0 Å². The number of aromatic nitrogens is 2. The van der Waals surface area contributed by atoms with Gasteiger partial charge in [0, 0.05) is 15.7 Å². The van der Waals surface area contributed by atoms with Crippen LogP contribution in [0.25, 0.3) is 11.3 Å². The molecule has 0 saturated carbocycles. The summed E-state index contributed by atoms with van der Waals surface area (Å²) in [6.07, 6.45) is 0. The standard InChI is InChI=1S/C14H16BrN3/c1-3-16-9-14-17-10(2)8-13(18-14)11-6-4-5-7-12(11)15/h4-8,16H,3,9H2,1-2H3. The van der Waals surface area contributed by atoms with Crippen LogP contribution in [0.5, 0.6) is 0 Å². The highest BCUT2D eigenvalue weighted by atomic mass is 79.9. The molecule has 0 aliphatic heterocycles. The van der Waals surface area contributed by atoms with Crippen LogP contribution in [0.4, 0.5) is 0 Å². The molecule has 2 rings (SSSR count). The lowest BCUT2D eigenvalue weighted by Crippen LogP contribution is -2.15. The lowest BCUT2D eigenvalue weighted by atomic mass is 10.1. The number of nitrogens with one attached hydrogen (secondary N) is 1. The molecular formula is C14H16BrN3. The molecule has 0 amide bonds. The van der Waals surface area contributed by atoms with E-state index in [1.807, 2.05) is 31.2 Å². The number of halogens is 1. The minimum Gasteiger partial charge on any atom is -0.310 e. The summed E-state index contributed by atoms with van der Waals surface area (Å²) in [6.45, 7) is 5.69. The normalized spacial score (nSPS) is 10.6. The first-order valence-electron chi connectivity index (χ1n) is 6.01. The molecule has 0 aliphatic carbocycles. The predicted octanol–water partition coefficient (Wildman–Crippen LogP) is 3.32. The fourth-order valence-electron chi connectivity index (χ4n) is 1.75. The molecule has 1 heterocycles. The summed E-state index contributed by atoms with van der Waals surface area (Å²) < 4.78 is 1.05. The van der Waals surface area contributed by atoms with Gasteiger partial charge in [-0.25, -0.2) is 9.97 Å². The Morgan fingerprint density at radius 2 is 2.00 bits per heavy atom. The molecule has 0 bridgehead atoms. The Hall–Kier alpha value is -1.26. The minimum absolute atomic E-state index is 0.704. The van der Waals surface area contributed by atoms with Crippen LogP contribution in [0.15, 0.2) is 34.8 Å². The second-order valence-corrected chi connectivity index (χ2v) is 4.93. The van der Waals surface area contributed by atoms with E-state index in [4.69, 9.17) is 0 Å². The first-order valence-corrected chi connectivity index (χ1v) is 6.80. The molecule has 1 aromatic heterocycles. The molecule has 1 N–H and O–H groups in total. The van der Waals surface area contributed by atoms with Crippen molar-refractivity contribution in [2.24, 2.45) is 0 Å². The van der Waals surface area contributed by atoms with Gasteiger partial charge in [-0.15, -0.1) is 0 Å². The molecule has 0 spiro atoms. The van der Waals surface area contributed by atoms with Crippen molar-refractivity contribution in [1.82, 2.24) is 15.3 Å². The SMILES string of the molecule is CCNCc1nc(C)cc(-c2ccccc2Br)n1. The zero-order chi connectivity index (χ0) is 13.0. The molecule has 0 atom stereocenters. The van der Waals surface area contributed by atoms with Gasteiger partial charge in [0.15, 0.2) is 0 Å². The van der Waals surface area contributed by atoms with Gasteiger partial charge in [-0.05, 0) is 25.6 Å². The third-order valence-electron chi connectivity index (χ3n) is 2.58. The Morgan fingerprint density at radius 1 is 1.22 bits per heavy atom. The largest absolute Gasteiger partial charge is 0.310 e. The third-order valence-corrected chi connectivity index (χ3v) is 3.27. The summed E-state index contributed by atoms with van der Waals surface area (Å²) in [6, 6.07) is 10.1. The maximum atomic E-state index is 4.60. The van der Waals surface area contributed by atoms with Crippen molar-refractivity contribution in [3.05, 3.63) is 46.3 Å². The highest BCUT2D eigenvalue weighted by molar-refractivity contribution is 9.10. The maximum absolute atomic E-state index is 4.60. The van der Waals surface area contributed by atoms with Crippen LogP contribution in [0.3, 0.4) is 0 Å². The van der Waals surface area contributed by atoms with Gasteiger partial charge in [-0.2, -0.15) is 0 Å². The molecule has 94 valence electrons. The summed E-state index contributed by atoms with van der Waals surface area (Å²) >= 11 is 3.56. The van der Waals surface area contributed by atoms with E-state index >= 15 is 0 Å². The number of nitrogens with zero attached hydrogens (tertiary/aromatic N) is 2. The molecule has 3 nitrogen and oxygen atoms in total. The van der Waals surface area contributed by atoms with Gasteiger partial charge in [0.2, 0.25) is 0 Å². The van der Waals surface area contributed by atoms with E-state index in [0.717, 1.165) is 33.8 Å². The van der Waals surface area contributed by atoms with E-state index < -0.39 is 0 Å². The first-order chi connectivity index (χ1) is 8.70. The van der Waals surface area contributed by atoms with Crippen molar-refractivity contribution in [2.75, 3.05) is 6.54 Å². The lowest BCUT2D eigenvalue weighted by Gasteiger charge is -2.08. The van der Waals surface area contributed by atoms with Crippen LogP contribution in [-0.2, 0) is 6.54 Å². The predicted molar refractivity (Wildman–Crippen MR) is 77.3 cm³/mol. The molecule has 0 unspecified atom stereocenters. The third kappa shape index (κ3) is 3.15. The molecule has 18 heavy (non-hydrogen) atoms. The summed E-state index contributed by atoms with van der Waals surface area (Å²) in [5.41, 5.74) is 3.05. The van der Waals surface area contributed by atoms with Crippen LogP contribution >= 0.6 is 15.9 Å². The average Bonchev–Trinajstić information content (AvgIpc) is 2.36. The fourth-order valence-corrected chi connectivity index (χ4v) is 2.24. The number of rotatable bonds is 4. The molecule has 0 fully saturated rings. The summed E-state index contributed by atoms with van der Waals surface area (Å²) in [5.74, 6) is 0.836. The van der Waals surface area contributed by atoms with Gasteiger partial charge in [0.1, 0.15) is 5.82 Å². The van der Waals surface area contributed by atoms with Crippen LogP contribution in [0.2, 0.25) is 0 Å². The van der Waals surface area contributed by atoms with E-state index in [1.54, 1.807) is 0 Å². The van der Waals surface area contributed by atoms with Crippen LogP contribution in [0, 0.1) is 6.92 Å². The van der Waals surface area contributed by atoms with E-state index in [0.29, 0.717) is 6.54 Å². The van der Waals surface area contributed by atoms with E-state index in [9.17, 15) is 0 Å². The van der Waals surface area contributed by atoms with Crippen LogP contribution in [0.1, 0.15) is 18.4 Å². The zero-order valence-corrected chi connectivity index (χ0v) is 12.2. The second-order valence-electron chi connectivity index (χ2n) is 4.07. The van der Waals surface area contributed by atoms with Gasteiger partial charge < -0.3 is 5.32 Å². The highest BCUT2D eigenvalue weighted by Crippen LogP contribution is 2.26. The minimum atomic E-state index is 0.704. The van der Waals surface area contributed by atoms with E-state index in [2.05, 4.69) is 44.2 Å². The Bertz CT molecular complexity index is 540. The number of hydrogen-bond donors (Lipinski definition) is 1. The van der Waals surface area contributed by atoms with Crippen LogP contribution in [-0.4, -0.2) is 16.5 Å². The Balaban J connectivity index is 2.39. The van der Waals surface area contributed by atoms with Crippen molar-refractivity contribution in [1.29, 1.82) is 0 Å². The maximum Gasteiger partial charge on any atom is 0.143 e. The number of aryl methyl sites for hydroxylation is 1. The van der Waals surface area contributed by atoms with E-state index in [1.165, 1.54) is 0 Å². The highest BCUT2D eigenvalue weighted by Gasteiger charge is 2.07. The van der Waals surface area contributed by atoms with Gasteiger partial charge >= 0.3 is 0 Å². The molecule has 0 aliphatic rings. The van der Waals surface area contributed by atoms with Crippen molar-refractivity contribution in [3.8, 4) is 11.3 Å². The van der Waals surface area contributed by atoms with Gasteiger partial charge in [-0.1, -0.05) is 41.1 Å². The quantitative estimate of drug-likeness (QED) is 0.941. The summed E-state index contributed by atoms with van der Waals surface area (Å²) in [4.78, 5) is 9.04. The van der Waals surface area contributed by atoms with Crippen molar-refractivity contribution in [2.45, 2.75) is 20.4 Å². The van der Waals surface area contributed by atoms with Gasteiger partial charge in [-0.3, -0.25) is 0 Å². The van der Waals surface area contributed by atoms with E-state index in [-0.39, 0.29) is 0 Å². The smallest absolute Gasteiger partial charge is 0.143 e. The van der Waals surface area contributed by atoms with Crippen molar-refractivity contribution in [3.63, 3.8) is 0 Å².